The van der Waals surface area contributed by atoms with Gasteiger partial charge in [-0.15, -0.1) is 0 Å². The second kappa shape index (κ2) is 8.80. The average molecular weight is 476 g/mol. The SMILES string of the molecule is CN(C)c1ccc(C=CC2=CC(=C3C(=O)c4cc5ccccc5cc4C3=O)C=C(C(C)(C)C)O2)cc1. The summed E-state index contributed by atoms with van der Waals surface area (Å²) in [6, 6.07) is 19.6. The van der Waals surface area contributed by atoms with Crippen molar-refractivity contribution in [2.24, 2.45) is 5.41 Å². The lowest BCUT2D eigenvalue weighted by Crippen LogP contribution is -2.16. The Hall–Kier alpha value is -4.18. The second-order valence-electron chi connectivity index (χ2n) is 10.5. The minimum Gasteiger partial charge on any atom is -0.461 e. The maximum absolute atomic E-state index is 13.5. The molecule has 0 fully saturated rings. The number of allylic oxidation sites excluding steroid dienone is 6. The maximum Gasteiger partial charge on any atom is 0.198 e. The summed E-state index contributed by atoms with van der Waals surface area (Å²) >= 11 is 0. The fraction of sp³-hybridized carbons (Fsp3) is 0.188. The number of ether oxygens (including phenoxy) is 1. The predicted molar refractivity (Wildman–Crippen MR) is 146 cm³/mol. The van der Waals surface area contributed by atoms with E-state index in [2.05, 4.69) is 17.0 Å². The molecule has 0 N–H and O–H groups in total. The Labute approximate surface area is 211 Å². The highest BCUT2D eigenvalue weighted by atomic mass is 16.5. The van der Waals surface area contributed by atoms with E-state index in [1.165, 1.54) is 0 Å². The van der Waals surface area contributed by atoms with Crippen LogP contribution in [0.1, 0.15) is 47.1 Å². The highest BCUT2D eigenvalue weighted by molar-refractivity contribution is 6.41. The molecule has 0 radical (unpaired) electrons. The zero-order valence-electron chi connectivity index (χ0n) is 21.3. The van der Waals surface area contributed by atoms with Gasteiger partial charge in [0.05, 0.1) is 5.57 Å². The van der Waals surface area contributed by atoms with Gasteiger partial charge in [0.1, 0.15) is 11.5 Å². The minimum absolute atomic E-state index is 0.201. The van der Waals surface area contributed by atoms with Crippen molar-refractivity contribution in [1.82, 2.24) is 0 Å². The van der Waals surface area contributed by atoms with Crippen LogP contribution in [0.2, 0.25) is 0 Å². The third kappa shape index (κ3) is 4.31. The predicted octanol–water partition coefficient (Wildman–Crippen LogP) is 7.14. The molecule has 180 valence electrons. The number of hydrogen-bond donors (Lipinski definition) is 0. The molecule has 0 aromatic heterocycles. The summed E-state index contributed by atoms with van der Waals surface area (Å²) in [6.45, 7) is 6.15. The maximum atomic E-state index is 13.5. The van der Waals surface area contributed by atoms with E-state index in [0.29, 0.717) is 28.2 Å². The molecule has 3 aromatic carbocycles. The number of benzene rings is 3. The zero-order chi connectivity index (χ0) is 25.6. The summed E-state index contributed by atoms with van der Waals surface area (Å²) in [4.78, 5) is 29.0. The van der Waals surface area contributed by atoms with Crippen molar-refractivity contribution in [2.75, 3.05) is 19.0 Å². The van der Waals surface area contributed by atoms with E-state index < -0.39 is 0 Å². The van der Waals surface area contributed by atoms with Gasteiger partial charge >= 0.3 is 0 Å². The van der Waals surface area contributed by atoms with Crippen molar-refractivity contribution in [3.05, 3.63) is 118 Å². The van der Waals surface area contributed by atoms with Crippen LogP contribution >= 0.6 is 0 Å². The fourth-order valence-corrected chi connectivity index (χ4v) is 4.43. The molecule has 3 aromatic rings. The average Bonchev–Trinajstić information content (AvgIpc) is 3.10. The summed E-state index contributed by atoms with van der Waals surface area (Å²) in [5.41, 5.74) is 3.55. The standard InChI is InChI=1S/C32H29NO3/c1-32(2,3)28-19-23(16-25(36-28)15-12-20-10-13-24(14-11-20)33(4)5)29-30(34)26-17-21-8-6-7-9-22(21)18-27(26)31(29)35/h6-19H,1-5H3. The van der Waals surface area contributed by atoms with Gasteiger partial charge in [0.15, 0.2) is 11.6 Å². The molecule has 0 saturated heterocycles. The van der Waals surface area contributed by atoms with Gasteiger partial charge in [-0.2, -0.15) is 0 Å². The van der Waals surface area contributed by atoms with Gasteiger partial charge in [-0.05, 0) is 64.4 Å². The van der Waals surface area contributed by atoms with Gasteiger partial charge in [0, 0.05) is 36.3 Å². The Morgan fingerprint density at radius 2 is 1.36 bits per heavy atom. The van der Waals surface area contributed by atoms with Crippen LogP contribution in [0.15, 0.2) is 102 Å². The molecule has 0 saturated carbocycles. The lowest BCUT2D eigenvalue weighted by atomic mass is 9.89. The van der Waals surface area contributed by atoms with Crippen LogP contribution in [-0.4, -0.2) is 25.7 Å². The van der Waals surface area contributed by atoms with Gasteiger partial charge in [-0.1, -0.05) is 63.2 Å². The van der Waals surface area contributed by atoms with Gasteiger partial charge in [-0.3, -0.25) is 9.59 Å². The molecule has 0 unspecified atom stereocenters. The Morgan fingerprint density at radius 3 is 1.89 bits per heavy atom. The third-order valence-corrected chi connectivity index (χ3v) is 6.52. The van der Waals surface area contributed by atoms with Crippen molar-refractivity contribution >= 4 is 34.1 Å². The number of anilines is 1. The van der Waals surface area contributed by atoms with E-state index in [0.717, 1.165) is 22.0 Å². The first kappa shape index (κ1) is 23.6. The number of carbonyl (C=O) groups is 2. The molecule has 0 bridgehead atoms. The van der Waals surface area contributed by atoms with Crippen LogP contribution in [-0.2, 0) is 4.74 Å². The Balaban J connectivity index is 1.57. The summed E-state index contributed by atoms with van der Waals surface area (Å²) in [5, 5.41) is 1.89. The molecule has 0 spiro atoms. The zero-order valence-corrected chi connectivity index (χ0v) is 21.3. The van der Waals surface area contributed by atoms with Crippen LogP contribution in [0.4, 0.5) is 5.69 Å². The number of fused-ring (bicyclic) bond motifs is 2. The number of nitrogens with zero attached hydrogens (tertiary/aromatic N) is 1. The molecule has 1 heterocycles. The van der Waals surface area contributed by atoms with Crippen molar-refractivity contribution in [3.8, 4) is 0 Å². The number of rotatable bonds is 3. The van der Waals surface area contributed by atoms with E-state index in [1.807, 2.05) is 102 Å². The highest BCUT2D eigenvalue weighted by Crippen LogP contribution is 2.38. The summed E-state index contributed by atoms with van der Waals surface area (Å²) < 4.78 is 6.21. The van der Waals surface area contributed by atoms with Gasteiger partial charge in [0.25, 0.3) is 0 Å². The normalized spacial score (nSPS) is 15.8. The molecule has 1 aliphatic heterocycles. The number of carbonyl (C=O) groups excluding carboxylic acids is 2. The van der Waals surface area contributed by atoms with E-state index >= 15 is 0 Å². The fourth-order valence-electron chi connectivity index (χ4n) is 4.43. The molecule has 4 nitrogen and oxygen atoms in total. The first-order chi connectivity index (χ1) is 17.1. The van der Waals surface area contributed by atoms with Crippen LogP contribution in [0.25, 0.3) is 16.8 Å². The van der Waals surface area contributed by atoms with E-state index in [9.17, 15) is 9.59 Å². The largest absolute Gasteiger partial charge is 0.461 e. The Bertz CT molecular complexity index is 1470. The van der Waals surface area contributed by atoms with Crippen molar-refractivity contribution in [1.29, 1.82) is 0 Å². The first-order valence-corrected chi connectivity index (χ1v) is 12.1. The summed E-state index contributed by atoms with van der Waals surface area (Å²) in [6.07, 6.45) is 7.48. The monoisotopic (exact) mass is 475 g/mol. The Kier molecular flexibility index (Phi) is 5.76. The van der Waals surface area contributed by atoms with E-state index in [1.54, 1.807) is 6.08 Å². The van der Waals surface area contributed by atoms with Crippen LogP contribution < -0.4 is 4.90 Å². The highest BCUT2D eigenvalue weighted by Gasteiger charge is 2.36. The Morgan fingerprint density at radius 1 is 0.778 bits per heavy atom. The van der Waals surface area contributed by atoms with Crippen LogP contribution in [0, 0.1) is 5.41 Å². The molecule has 0 atom stereocenters. The molecule has 4 heteroatoms. The number of hydrogen-bond acceptors (Lipinski definition) is 4. The molecule has 2 aliphatic rings. The third-order valence-electron chi connectivity index (χ3n) is 6.52. The topological polar surface area (TPSA) is 46.6 Å². The van der Waals surface area contributed by atoms with Crippen molar-refractivity contribution in [2.45, 2.75) is 20.8 Å². The van der Waals surface area contributed by atoms with E-state index in [4.69, 9.17) is 4.74 Å². The summed E-state index contributed by atoms with van der Waals surface area (Å²) in [7, 11) is 4.01. The lowest BCUT2D eigenvalue weighted by Gasteiger charge is -2.27. The van der Waals surface area contributed by atoms with Gasteiger partial charge in [-0.25, -0.2) is 0 Å². The number of ketones is 2. The second-order valence-corrected chi connectivity index (χ2v) is 10.5. The van der Waals surface area contributed by atoms with Crippen molar-refractivity contribution < 1.29 is 14.3 Å². The minimum atomic E-state index is -0.307. The summed E-state index contributed by atoms with van der Waals surface area (Å²) in [5.74, 6) is 0.821. The van der Waals surface area contributed by atoms with Crippen molar-refractivity contribution in [3.63, 3.8) is 0 Å². The molecule has 0 amide bonds. The smallest absolute Gasteiger partial charge is 0.198 e. The quantitative estimate of drug-likeness (QED) is 0.298. The first-order valence-electron chi connectivity index (χ1n) is 12.1. The molecule has 1 aliphatic carbocycles. The lowest BCUT2D eigenvalue weighted by molar-refractivity contribution is 0.0987. The number of Topliss-reactive ketones (excluding diaryl/α,β-unsaturated/α-hetero) is 2. The van der Waals surface area contributed by atoms with Crippen LogP contribution in [0.5, 0.6) is 0 Å². The van der Waals surface area contributed by atoms with Gasteiger partial charge in [0.2, 0.25) is 0 Å². The van der Waals surface area contributed by atoms with E-state index in [-0.39, 0.29) is 22.6 Å². The molecule has 36 heavy (non-hydrogen) atoms. The van der Waals surface area contributed by atoms with Crippen LogP contribution in [0.3, 0.4) is 0 Å². The molecule has 5 rings (SSSR count). The molecular formula is C32H29NO3. The van der Waals surface area contributed by atoms with Gasteiger partial charge < -0.3 is 9.64 Å². The molecular weight excluding hydrogens is 446 g/mol.